The summed E-state index contributed by atoms with van der Waals surface area (Å²) >= 11 is 0. The molecule has 3 rings (SSSR count). The predicted octanol–water partition coefficient (Wildman–Crippen LogP) is 3.45. The van der Waals surface area contributed by atoms with Crippen LogP contribution in [0.3, 0.4) is 0 Å². The molecule has 7 nitrogen and oxygen atoms in total. The third-order valence-corrected chi connectivity index (χ3v) is 3.57. The van der Waals surface area contributed by atoms with Crippen molar-refractivity contribution in [3.63, 3.8) is 0 Å². The fraction of sp³-hybridized carbons (Fsp3) is 0. The number of nitrogen functional groups attached to an aromatic ring is 2. The van der Waals surface area contributed by atoms with Gasteiger partial charge in [-0.3, -0.25) is 0 Å². The zero-order valence-electron chi connectivity index (χ0n) is 13.8. The van der Waals surface area contributed by atoms with Gasteiger partial charge in [-0.05, 0) is 58.7 Å². The number of anilines is 2. The highest BCUT2D eigenvalue weighted by Crippen LogP contribution is 2.30. The van der Waals surface area contributed by atoms with Crippen molar-refractivity contribution in [1.82, 2.24) is 0 Å². The molecular weight excluding hydrogens is 332 g/mol. The SMILES string of the molecule is N=C1C=CC(=C(c2ccc(N)cc2)c2ccc(N)cc2)C=C1.O=[N+]([O-])O. The molecule has 0 aliphatic heterocycles. The van der Waals surface area contributed by atoms with Crippen LogP contribution < -0.4 is 11.5 Å². The first kappa shape index (κ1) is 18.5. The summed E-state index contributed by atoms with van der Waals surface area (Å²) < 4.78 is 0. The third-order valence-electron chi connectivity index (χ3n) is 3.57. The summed E-state index contributed by atoms with van der Waals surface area (Å²) in [6, 6.07) is 15.6. The second-order valence-electron chi connectivity index (χ2n) is 5.43. The van der Waals surface area contributed by atoms with E-state index in [1.54, 1.807) is 12.2 Å². The Kier molecular flexibility index (Phi) is 5.89. The molecule has 2 aromatic carbocycles. The fourth-order valence-corrected chi connectivity index (χ4v) is 2.44. The van der Waals surface area contributed by atoms with Gasteiger partial charge in [-0.1, -0.05) is 36.4 Å². The molecule has 0 spiro atoms. The van der Waals surface area contributed by atoms with E-state index in [2.05, 4.69) is 0 Å². The Morgan fingerprint density at radius 3 is 1.54 bits per heavy atom. The minimum absolute atomic E-state index is 0.498. The van der Waals surface area contributed by atoms with Gasteiger partial charge in [-0.2, -0.15) is 0 Å². The molecule has 6 N–H and O–H groups in total. The lowest BCUT2D eigenvalue weighted by Crippen LogP contribution is -1.97. The van der Waals surface area contributed by atoms with Gasteiger partial charge in [0.05, 0.1) is 5.71 Å². The van der Waals surface area contributed by atoms with Crippen molar-refractivity contribution in [2.75, 3.05) is 11.5 Å². The van der Waals surface area contributed by atoms with E-state index >= 15 is 0 Å². The molecule has 0 unspecified atom stereocenters. The highest BCUT2D eigenvalue weighted by atomic mass is 16.9. The standard InChI is InChI=1S/C19H17N3.HNO3/c20-16-7-1-13(2-8-16)19(14-3-9-17(21)10-4-14)15-5-11-18(22)12-6-15;2-1(3)4/h1-12,20H,21-22H2;(H,2,3,4). The molecule has 132 valence electrons. The lowest BCUT2D eigenvalue weighted by atomic mass is 9.90. The molecule has 1 aliphatic rings. The van der Waals surface area contributed by atoms with E-state index in [-0.39, 0.29) is 0 Å². The van der Waals surface area contributed by atoms with Crippen molar-refractivity contribution in [1.29, 1.82) is 5.41 Å². The molecule has 0 heterocycles. The van der Waals surface area contributed by atoms with Crippen LogP contribution in [0, 0.1) is 15.5 Å². The first-order valence-electron chi connectivity index (χ1n) is 7.61. The van der Waals surface area contributed by atoms with E-state index in [0.717, 1.165) is 33.6 Å². The second-order valence-corrected chi connectivity index (χ2v) is 5.43. The maximum absolute atomic E-state index is 8.36. The maximum Gasteiger partial charge on any atom is 0.291 e. The van der Waals surface area contributed by atoms with Crippen molar-refractivity contribution in [2.24, 2.45) is 0 Å². The molecule has 0 fully saturated rings. The number of hydrogen-bond acceptors (Lipinski definition) is 5. The van der Waals surface area contributed by atoms with Crippen molar-refractivity contribution in [3.8, 4) is 0 Å². The molecular formula is C19H18N4O3. The van der Waals surface area contributed by atoms with Crippen LogP contribution in [-0.2, 0) is 0 Å². The van der Waals surface area contributed by atoms with Crippen LogP contribution >= 0.6 is 0 Å². The number of hydrogen-bond donors (Lipinski definition) is 4. The number of rotatable bonds is 2. The molecule has 1 aliphatic carbocycles. The average molecular weight is 350 g/mol. The van der Waals surface area contributed by atoms with E-state index in [4.69, 9.17) is 32.2 Å². The van der Waals surface area contributed by atoms with Gasteiger partial charge in [-0.25, -0.2) is 0 Å². The smallest absolute Gasteiger partial charge is 0.291 e. The molecule has 0 saturated carbocycles. The quantitative estimate of drug-likeness (QED) is 0.373. The average Bonchev–Trinajstić information content (AvgIpc) is 2.60. The molecule has 26 heavy (non-hydrogen) atoms. The van der Waals surface area contributed by atoms with Gasteiger partial charge in [0.25, 0.3) is 5.09 Å². The summed E-state index contributed by atoms with van der Waals surface area (Å²) in [6.45, 7) is 0. The molecule has 0 bridgehead atoms. The normalized spacial score (nSPS) is 12.3. The van der Waals surface area contributed by atoms with Gasteiger partial charge in [-0.15, -0.1) is 10.1 Å². The Hall–Kier alpha value is -3.87. The van der Waals surface area contributed by atoms with Crippen LogP contribution in [0.4, 0.5) is 11.4 Å². The van der Waals surface area contributed by atoms with E-state index in [1.165, 1.54) is 0 Å². The number of nitrogens with two attached hydrogens (primary N) is 2. The number of nitrogens with one attached hydrogen (secondary N) is 1. The van der Waals surface area contributed by atoms with Crippen LogP contribution in [0.15, 0.2) is 78.4 Å². The first-order chi connectivity index (χ1) is 12.4. The summed E-state index contributed by atoms with van der Waals surface area (Å²) in [5.41, 5.74) is 17.9. The van der Waals surface area contributed by atoms with Crippen molar-refractivity contribution < 1.29 is 10.3 Å². The molecule has 0 aromatic heterocycles. The first-order valence-corrected chi connectivity index (χ1v) is 7.61. The summed E-state index contributed by atoms with van der Waals surface area (Å²) in [5.74, 6) is 0. The van der Waals surface area contributed by atoms with Gasteiger partial charge in [0.15, 0.2) is 0 Å². The molecule has 0 saturated heterocycles. The van der Waals surface area contributed by atoms with Gasteiger partial charge < -0.3 is 22.1 Å². The van der Waals surface area contributed by atoms with Crippen LogP contribution in [0.25, 0.3) is 5.57 Å². The van der Waals surface area contributed by atoms with E-state index in [1.807, 2.05) is 60.7 Å². The Labute approximate surface area is 150 Å². The zero-order valence-corrected chi connectivity index (χ0v) is 13.8. The Balaban J connectivity index is 0.000000552. The van der Waals surface area contributed by atoms with Crippen LogP contribution in [0.1, 0.15) is 11.1 Å². The largest absolute Gasteiger partial charge is 0.399 e. The summed E-state index contributed by atoms with van der Waals surface area (Å²) in [4.78, 5) is 8.36. The molecule has 0 amide bonds. The summed E-state index contributed by atoms with van der Waals surface area (Å²) in [7, 11) is 0. The number of benzene rings is 2. The lowest BCUT2D eigenvalue weighted by molar-refractivity contribution is -0.742. The van der Waals surface area contributed by atoms with Crippen LogP contribution in [0.2, 0.25) is 0 Å². The third kappa shape index (κ3) is 5.07. The van der Waals surface area contributed by atoms with Gasteiger partial charge in [0.2, 0.25) is 0 Å². The minimum atomic E-state index is -1.50. The monoisotopic (exact) mass is 350 g/mol. The van der Waals surface area contributed by atoms with E-state index in [0.29, 0.717) is 5.71 Å². The number of nitrogens with zero attached hydrogens (tertiary/aromatic N) is 1. The maximum atomic E-state index is 8.36. The van der Waals surface area contributed by atoms with Crippen molar-refractivity contribution in [3.05, 3.63) is 99.6 Å². The molecule has 0 atom stereocenters. The fourth-order valence-electron chi connectivity index (χ4n) is 2.44. The minimum Gasteiger partial charge on any atom is -0.399 e. The summed E-state index contributed by atoms with van der Waals surface area (Å²) in [5, 5.41) is 21.3. The predicted molar refractivity (Wildman–Crippen MR) is 103 cm³/mol. The van der Waals surface area contributed by atoms with E-state index < -0.39 is 5.09 Å². The van der Waals surface area contributed by atoms with Crippen LogP contribution in [-0.4, -0.2) is 16.0 Å². The van der Waals surface area contributed by atoms with Gasteiger partial charge >= 0.3 is 0 Å². The van der Waals surface area contributed by atoms with Crippen LogP contribution in [0.5, 0.6) is 0 Å². The highest BCUT2D eigenvalue weighted by Gasteiger charge is 2.10. The Morgan fingerprint density at radius 1 is 0.846 bits per heavy atom. The van der Waals surface area contributed by atoms with E-state index in [9.17, 15) is 0 Å². The summed E-state index contributed by atoms with van der Waals surface area (Å²) in [6.07, 6.45) is 7.52. The second kappa shape index (κ2) is 8.29. The van der Waals surface area contributed by atoms with Gasteiger partial charge in [0, 0.05) is 11.4 Å². The van der Waals surface area contributed by atoms with Gasteiger partial charge in [0.1, 0.15) is 0 Å². The van der Waals surface area contributed by atoms with Crippen molar-refractivity contribution >= 4 is 22.7 Å². The Morgan fingerprint density at radius 2 is 1.19 bits per heavy atom. The zero-order chi connectivity index (χ0) is 19.1. The number of allylic oxidation sites excluding steroid dienone is 5. The molecule has 7 heteroatoms. The molecule has 0 radical (unpaired) electrons. The topological polar surface area (TPSA) is 139 Å². The molecule has 2 aromatic rings. The van der Waals surface area contributed by atoms with Crippen molar-refractivity contribution in [2.45, 2.75) is 0 Å². The highest BCUT2D eigenvalue weighted by molar-refractivity contribution is 6.05. The lowest BCUT2D eigenvalue weighted by Gasteiger charge is -2.14. The Bertz CT molecular complexity index is 826.